The highest BCUT2D eigenvalue weighted by Crippen LogP contribution is 2.33. The number of amides is 1. The molecule has 1 saturated carbocycles. The lowest BCUT2D eigenvalue weighted by molar-refractivity contribution is -0.146. The van der Waals surface area contributed by atoms with Gasteiger partial charge in [0, 0.05) is 5.56 Å². The average molecular weight is 297 g/mol. The molecule has 114 valence electrons. The van der Waals surface area contributed by atoms with Crippen LogP contribution < -0.4 is 5.32 Å². The smallest absolute Gasteiger partial charge is 0.307 e. The fraction of sp³-hybridized carbons (Fsp3) is 0.467. The molecule has 0 heterocycles. The van der Waals surface area contributed by atoms with Crippen LogP contribution in [-0.4, -0.2) is 17.0 Å². The van der Waals surface area contributed by atoms with E-state index in [0.717, 1.165) is 12.1 Å². The second-order valence-corrected chi connectivity index (χ2v) is 5.35. The molecule has 2 rings (SSSR count). The maximum atomic E-state index is 13.6. The summed E-state index contributed by atoms with van der Waals surface area (Å²) in [4.78, 5) is 23.2. The third kappa shape index (κ3) is 3.20. The van der Waals surface area contributed by atoms with Crippen molar-refractivity contribution in [3.63, 3.8) is 0 Å². The van der Waals surface area contributed by atoms with Crippen molar-refractivity contribution >= 4 is 11.9 Å². The first-order valence-electron chi connectivity index (χ1n) is 6.89. The lowest BCUT2D eigenvalue weighted by Gasteiger charge is -2.20. The summed E-state index contributed by atoms with van der Waals surface area (Å²) in [6.07, 6.45) is 1.60. The van der Waals surface area contributed by atoms with E-state index in [4.69, 9.17) is 5.11 Å². The Morgan fingerprint density at radius 3 is 2.38 bits per heavy atom. The van der Waals surface area contributed by atoms with E-state index in [9.17, 15) is 18.4 Å². The normalized spacial score (nSPS) is 22.8. The van der Waals surface area contributed by atoms with E-state index in [1.54, 1.807) is 0 Å². The molecule has 0 radical (unpaired) electrons. The minimum Gasteiger partial charge on any atom is -0.481 e. The van der Waals surface area contributed by atoms with Crippen molar-refractivity contribution in [3.05, 3.63) is 35.4 Å². The molecule has 1 aromatic rings. The Labute approximate surface area is 121 Å². The Morgan fingerprint density at radius 2 is 1.81 bits per heavy atom. The summed E-state index contributed by atoms with van der Waals surface area (Å²) in [6.45, 7) is 1.48. The standard InChI is InChI=1S/C15H17F2NO3/c1-8(13-11(16)6-3-7-12(13)17)18-14(19)9-4-2-5-10(9)15(20)21/h3,6-10H,2,4-5H2,1H3,(H,18,19)(H,20,21). The first-order chi connectivity index (χ1) is 9.91. The quantitative estimate of drug-likeness (QED) is 0.898. The average Bonchev–Trinajstić information content (AvgIpc) is 2.87. The van der Waals surface area contributed by atoms with Crippen molar-refractivity contribution in [2.45, 2.75) is 32.2 Å². The second kappa shape index (κ2) is 6.20. The van der Waals surface area contributed by atoms with Gasteiger partial charge in [-0.3, -0.25) is 9.59 Å². The Kier molecular flexibility index (Phi) is 4.55. The van der Waals surface area contributed by atoms with E-state index in [-0.39, 0.29) is 5.56 Å². The number of rotatable bonds is 4. The summed E-state index contributed by atoms with van der Waals surface area (Å²) < 4.78 is 27.3. The zero-order valence-corrected chi connectivity index (χ0v) is 11.6. The summed E-state index contributed by atoms with van der Waals surface area (Å²) in [7, 11) is 0. The third-order valence-corrected chi connectivity index (χ3v) is 3.96. The van der Waals surface area contributed by atoms with Crippen molar-refractivity contribution < 1.29 is 23.5 Å². The number of carbonyl (C=O) groups is 2. The van der Waals surface area contributed by atoms with Crippen molar-refractivity contribution in [2.24, 2.45) is 11.8 Å². The van der Waals surface area contributed by atoms with Gasteiger partial charge in [-0.05, 0) is 31.9 Å². The van der Waals surface area contributed by atoms with Crippen LogP contribution in [0.1, 0.15) is 37.8 Å². The van der Waals surface area contributed by atoms with Crippen LogP contribution >= 0.6 is 0 Å². The lowest BCUT2D eigenvalue weighted by Crippen LogP contribution is -2.37. The van der Waals surface area contributed by atoms with Gasteiger partial charge in [-0.25, -0.2) is 8.78 Å². The maximum absolute atomic E-state index is 13.6. The minimum absolute atomic E-state index is 0.212. The van der Waals surface area contributed by atoms with Gasteiger partial charge in [0.05, 0.1) is 17.9 Å². The molecule has 6 heteroatoms. The third-order valence-electron chi connectivity index (χ3n) is 3.96. The maximum Gasteiger partial charge on any atom is 0.307 e. The van der Waals surface area contributed by atoms with Crippen molar-refractivity contribution in [1.29, 1.82) is 0 Å². The van der Waals surface area contributed by atoms with Crippen LogP contribution in [0.25, 0.3) is 0 Å². The largest absolute Gasteiger partial charge is 0.481 e. The molecular weight excluding hydrogens is 280 g/mol. The Bertz CT molecular complexity index is 542. The molecule has 0 aliphatic heterocycles. The molecule has 1 amide bonds. The van der Waals surface area contributed by atoms with Crippen LogP contribution in [0.5, 0.6) is 0 Å². The second-order valence-electron chi connectivity index (χ2n) is 5.35. The molecule has 1 aliphatic carbocycles. The van der Waals surface area contributed by atoms with Gasteiger partial charge in [0.25, 0.3) is 0 Å². The predicted octanol–water partition coefficient (Wildman–Crippen LogP) is 2.64. The van der Waals surface area contributed by atoms with E-state index in [0.29, 0.717) is 19.3 Å². The van der Waals surface area contributed by atoms with E-state index in [2.05, 4.69) is 5.32 Å². The predicted molar refractivity (Wildman–Crippen MR) is 71.4 cm³/mol. The van der Waals surface area contributed by atoms with Crippen LogP contribution in [-0.2, 0) is 9.59 Å². The molecule has 3 unspecified atom stereocenters. The monoisotopic (exact) mass is 297 g/mol. The number of benzene rings is 1. The van der Waals surface area contributed by atoms with Crippen LogP contribution in [0, 0.1) is 23.5 Å². The number of carbonyl (C=O) groups excluding carboxylic acids is 1. The topological polar surface area (TPSA) is 66.4 Å². The van der Waals surface area contributed by atoms with E-state index in [1.807, 2.05) is 0 Å². The van der Waals surface area contributed by atoms with Crippen molar-refractivity contribution in [1.82, 2.24) is 5.32 Å². The highest BCUT2D eigenvalue weighted by atomic mass is 19.1. The molecule has 4 nitrogen and oxygen atoms in total. The van der Waals surface area contributed by atoms with Gasteiger partial charge in [0.15, 0.2) is 0 Å². The molecule has 1 aliphatic rings. The number of carboxylic acids is 1. The fourth-order valence-electron chi connectivity index (χ4n) is 2.89. The molecule has 0 saturated heterocycles. The number of nitrogens with one attached hydrogen (secondary N) is 1. The molecule has 0 aromatic heterocycles. The van der Waals surface area contributed by atoms with E-state index in [1.165, 1.54) is 13.0 Å². The van der Waals surface area contributed by atoms with Crippen LogP contribution in [0.4, 0.5) is 8.78 Å². The molecular formula is C15H17F2NO3. The first-order valence-corrected chi connectivity index (χ1v) is 6.89. The van der Waals surface area contributed by atoms with E-state index >= 15 is 0 Å². The molecule has 2 N–H and O–H groups in total. The zero-order valence-electron chi connectivity index (χ0n) is 11.6. The highest BCUT2D eigenvalue weighted by molar-refractivity contribution is 5.85. The Hall–Kier alpha value is -1.98. The van der Waals surface area contributed by atoms with Gasteiger partial charge < -0.3 is 10.4 Å². The summed E-state index contributed by atoms with van der Waals surface area (Å²) >= 11 is 0. The summed E-state index contributed by atoms with van der Waals surface area (Å²) in [5.74, 6) is -4.29. The van der Waals surface area contributed by atoms with Gasteiger partial charge in [-0.1, -0.05) is 12.5 Å². The minimum atomic E-state index is -1.00. The number of aliphatic carboxylic acids is 1. The van der Waals surface area contributed by atoms with E-state index < -0.39 is 41.4 Å². The Balaban J connectivity index is 2.11. The summed E-state index contributed by atoms with van der Waals surface area (Å²) in [6, 6.07) is 2.64. The van der Waals surface area contributed by atoms with Crippen LogP contribution in [0.15, 0.2) is 18.2 Å². The summed E-state index contributed by atoms with van der Waals surface area (Å²) in [5, 5.41) is 11.6. The number of hydrogen-bond donors (Lipinski definition) is 2. The van der Waals surface area contributed by atoms with Gasteiger partial charge in [-0.2, -0.15) is 0 Å². The van der Waals surface area contributed by atoms with Gasteiger partial charge >= 0.3 is 5.97 Å². The molecule has 3 atom stereocenters. The number of hydrogen-bond acceptors (Lipinski definition) is 2. The first kappa shape index (κ1) is 15.4. The molecule has 0 bridgehead atoms. The molecule has 21 heavy (non-hydrogen) atoms. The molecule has 0 spiro atoms. The zero-order chi connectivity index (χ0) is 15.6. The van der Waals surface area contributed by atoms with Gasteiger partial charge in [0.1, 0.15) is 11.6 Å². The van der Waals surface area contributed by atoms with Crippen molar-refractivity contribution in [2.75, 3.05) is 0 Å². The Morgan fingerprint density at radius 1 is 1.24 bits per heavy atom. The SMILES string of the molecule is CC(NC(=O)C1CCCC1C(=O)O)c1c(F)cccc1F. The lowest BCUT2D eigenvalue weighted by atomic mass is 9.94. The molecule has 1 fully saturated rings. The highest BCUT2D eigenvalue weighted by Gasteiger charge is 2.38. The molecule has 1 aromatic carbocycles. The number of carboxylic acid groups (broad SMARTS) is 1. The summed E-state index contributed by atoms with van der Waals surface area (Å²) in [5.41, 5.74) is -0.212. The number of halogens is 2. The van der Waals surface area contributed by atoms with Crippen LogP contribution in [0.3, 0.4) is 0 Å². The fourth-order valence-corrected chi connectivity index (χ4v) is 2.89. The van der Waals surface area contributed by atoms with Crippen molar-refractivity contribution in [3.8, 4) is 0 Å². The van der Waals surface area contributed by atoms with Gasteiger partial charge in [-0.15, -0.1) is 0 Å². The van der Waals surface area contributed by atoms with Crippen LogP contribution in [0.2, 0.25) is 0 Å². The van der Waals surface area contributed by atoms with Gasteiger partial charge in [0.2, 0.25) is 5.91 Å².